The summed E-state index contributed by atoms with van der Waals surface area (Å²) < 4.78 is 7.50. The van der Waals surface area contributed by atoms with E-state index in [1.807, 2.05) is 38.6 Å². The third kappa shape index (κ3) is 2.96. The van der Waals surface area contributed by atoms with Crippen molar-refractivity contribution in [3.05, 3.63) is 11.8 Å². The number of likely N-dealkylation sites (N-methyl/N-ethyl adjacent to an activating group) is 1. The van der Waals surface area contributed by atoms with Gasteiger partial charge < -0.3 is 15.0 Å². The number of aromatic nitrogens is 2. The van der Waals surface area contributed by atoms with Crippen molar-refractivity contribution in [2.45, 2.75) is 32.9 Å². The minimum Gasteiger partial charge on any atom is -0.363 e. The second kappa shape index (κ2) is 5.30. The van der Waals surface area contributed by atoms with E-state index >= 15 is 0 Å². The van der Waals surface area contributed by atoms with E-state index < -0.39 is 5.60 Å². The number of hydrogen-bond acceptors (Lipinski definition) is 4. The highest BCUT2D eigenvalue weighted by atomic mass is 16.5. The summed E-state index contributed by atoms with van der Waals surface area (Å²) in [5, 5.41) is 7.17. The number of morpholine rings is 1. The van der Waals surface area contributed by atoms with Gasteiger partial charge in [-0.25, -0.2) is 0 Å². The molecule has 2 heterocycles. The van der Waals surface area contributed by atoms with Gasteiger partial charge in [0, 0.05) is 31.4 Å². The second-order valence-corrected chi connectivity index (χ2v) is 5.26. The number of amides is 1. The number of nitrogens with zero attached hydrogens (tertiary/aromatic N) is 3. The van der Waals surface area contributed by atoms with Crippen LogP contribution < -0.4 is 5.32 Å². The van der Waals surface area contributed by atoms with Crippen LogP contribution in [0.1, 0.15) is 19.5 Å². The summed E-state index contributed by atoms with van der Waals surface area (Å²) in [5.41, 5.74) is 0.223. The summed E-state index contributed by atoms with van der Waals surface area (Å²) in [5.74, 6) is 0.446. The van der Waals surface area contributed by atoms with Gasteiger partial charge in [0.05, 0.1) is 6.61 Å². The molecule has 1 aromatic heterocycles. The molecule has 1 atom stereocenters. The number of aryl methyl sites for hydroxylation is 2. The highest BCUT2D eigenvalue weighted by Gasteiger charge is 2.38. The van der Waals surface area contributed by atoms with Gasteiger partial charge in [-0.15, -0.1) is 0 Å². The molecule has 1 aliphatic heterocycles. The summed E-state index contributed by atoms with van der Waals surface area (Å²) >= 11 is 0. The van der Waals surface area contributed by atoms with E-state index in [1.54, 1.807) is 0 Å². The number of hydrogen-bond donors (Lipinski definition) is 1. The van der Waals surface area contributed by atoms with Crippen molar-refractivity contribution in [2.24, 2.45) is 0 Å². The van der Waals surface area contributed by atoms with Gasteiger partial charge in [0.25, 0.3) is 5.91 Å². The first-order chi connectivity index (χ1) is 8.94. The number of ether oxygens (including phenoxy) is 1. The summed E-state index contributed by atoms with van der Waals surface area (Å²) in [6, 6.07) is 1.87. The molecule has 19 heavy (non-hydrogen) atoms. The Kier molecular flexibility index (Phi) is 3.91. The molecule has 0 unspecified atom stereocenters. The Labute approximate surface area is 113 Å². The van der Waals surface area contributed by atoms with Crippen LogP contribution in [0.4, 0.5) is 5.82 Å². The third-order valence-corrected chi connectivity index (χ3v) is 3.47. The maximum atomic E-state index is 12.3. The summed E-state index contributed by atoms with van der Waals surface area (Å²) in [4.78, 5) is 14.4. The van der Waals surface area contributed by atoms with Crippen LogP contribution in [0.15, 0.2) is 6.07 Å². The van der Waals surface area contributed by atoms with Crippen molar-refractivity contribution in [3.8, 4) is 0 Å². The van der Waals surface area contributed by atoms with Gasteiger partial charge in [-0.3, -0.25) is 9.48 Å². The molecule has 1 saturated heterocycles. The molecule has 1 amide bonds. The number of nitrogens with one attached hydrogen (secondary N) is 1. The van der Waals surface area contributed by atoms with E-state index in [4.69, 9.17) is 4.74 Å². The van der Waals surface area contributed by atoms with E-state index in [2.05, 4.69) is 15.3 Å². The molecule has 0 saturated carbocycles. The average Bonchev–Trinajstić information content (AvgIpc) is 2.69. The maximum Gasteiger partial charge on any atom is 0.258 e. The first-order valence-electron chi connectivity index (χ1n) is 6.63. The molecule has 0 radical (unpaired) electrons. The Hall–Kier alpha value is -1.40. The molecule has 0 aromatic carbocycles. The fourth-order valence-corrected chi connectivity index (χ4v) is 2.34. The van der Waals surface area contributed by atoms with Gasteiger partial charge in [-0.1, -0.05) is 0 Å². The fourth-order valence-electron chi connectivity index (χ4n) is 2.34. The van der Waals surface area contributed by atoms with E-state index in [1.165, 1.54) is 0 Å². The monoisotopic (exact) mass is 266 g/mol. The smallest absolute Gasteiger partial charge is 0.258 e. The van der Waals surface area contributed by atoms with Crippen LogP contribution in [0, 0.1) is 6.92 Å². The first-order valence-corrected chi connectivity index (χ1v) is 6.63. The summed E-state index contributed by atoms with van der Waals surface area (Å²) in [7, 11) is 1.99. The molecule has 2 rings (SSSR count). The van der Waals surface area contributed by atoms with Crippen molar-refractivity contribution in [3.63, 3.8) is 0 Å². The lowest BCUT2D eigenvalue weighted by Gasteiger charge is -2.37. The van der Waals surface area contributed by atoms with Crippen molar-refractivity contribution in [1.29, 1.82) is 0 Å². The van der Waals surface area contributed by atoms with Crippen molar-refractivity contribution in [1.82, 2.24) is 14.7 Å². The number of carbonyl (C=O) groups is 1. The molecular weight excluding hydrogens is 244 g/mol. The first kappa shape index (κ1) is 14.0. The molecule has 106 valence electrons. The number of rotatable bonds is 3. The van der Waals surface area contributed by atoms with Gasteiger partial charge in [0.1, 0.15) is 0 Å². The third-order valence-electron chi connectivity index (χ3n) is 3.47. The van der Waals surface area contributed by atoms with Crippen LogP contribution in [-0.4, -0.2) is 52.9 Å². The summed E-state index contributed by atoms with van der Waals surface area (Å²) in [6.45, 7) is 8.62. The number of anilines is 1. The van der Waals surface area contributed by atoms with Gasteiger partial charge in [0.2, 0.25) is 0 Å². The van der Waals surface area contributed by atoms with Gasteiger partial charge in [-0.05, 0) is 27.8 Å². The van der Waals surface area contributed by atoms with Crippen LogP contribution in [-0.2, 0) is 16.1 Å². The Bertz CT molecular complexity index is 471. The topological polar surface area (TPSA) is 59.4 Å². The molecule has 6 nitrogen and oxygen atoms in total. The Morgan fingerprint density at radius 2 is 2.37 bits per heavy atom. The van der Waals surface area contributed by atoms with Gasteiger partial charge in [0.15, 0.2) is 11.4 Å². The maximum absolute atomic E-state index is 12.3. The van der Waals surface area contributed by atoms with Gasteiger partial charge >= 0.3 is 0 Å². The van der Waals surface area contributed by atoms with E-state index in [0.29, 0.717) is 19.0 Å². The predicted octanol–water partition coefficient (Wildman–Crippen LogP) is 0.871. The minimum absolute atomic E-state index is 0.139. The van der Waals surface area contributed by atoms with Crippen LogP contribution in [0.2, 0.25) is 0 Å². The highest BCUT2D eigenvalue weighted by Crippen LogP contribution is 2.19. The Morgan fingerprint density at radius 1 is 1.63 bits per heavy atom. The number of carbonyl (C=O) groups excluding carboxylic acids is 1. The van der Waals surface area contributed by atoms with Crippen LogP contribution >= 0.6 is 0 Å². The fraction of sp³-hybridized carbons (Fsp3) is 0.692. The highest BCUT2D eigenvalue weighted by molar-refractivity contribution is 5.96. The van der Waals surface area contributed by atoms with E-state index in [0.717, 1.165) is 18.8 Å². The van der Waals surface area contributed by atoms with Crippen LogP contribution in [0.25, 0.3) is 0 Å². The molecule has 1 N–H and O–H groups in total. The SMILES string of the molecule is CCn1nc(NC(=O)[C@@]2(C)CN(C)CCO2)cc1C. The second-order valence-electron chi connectivity index (χ2n) is 5.26. The normalized spacial score (nSPS) is 24.4. The van der Waals surface area contributed by atoms with Crippen molar-refractivity contribution in [2.75, 3.05) is 32.1 Å². The quantitative estimate of drug-likeness (QED) is 0.882. The molecule has 1 aliphatic rings. The van der Waals surface area contributed by atoms with Gasteiger partial charge in [-0.2, -0.15) is 5.10 Å². The molecular formula is C13H22N4O2. The molecule has 1 fully saturated rings. The van der Waals surface area contributed by atoms with E-state index in [9.17, 15) is 4.79 Å². The lowest BCUT2D eigenvalue weighted by atomic mass is 10.0. The minimum atomic E-state index is -0.809. The largest absolute Gasteiger partial charge is 0.363 e. The predicted molar refractivity (Wildman–Crippen MR) is 73.1 cm³/mol. The molecule has 0 aliphatic carbocycles. The summed E-state index contributed by atoms with van der Waals surface area (Å²) in [6.07, 6.45) is 0. The van der Waals surface area contributed by atoms with Crippen molar-refractivity contribution >= 4 is 11.7 Å². The zero-order chi connectivity index (χ0) is 14.0. The van der Waals surface area contributed by atoms with Crippen LogP contribution in [0.3, 0.4) is 0 Å². The lowest BCUT2D eigenvalue weighted by Crippen LogP contribution is -2.55. The molecule has 0 bridgehead atoms. The van der Waals surface area contributed by atoms with E-state index in [-0.39, 0.29) is 5.91 Å². The molecule has 6 heteroatoms. The Balaban J connectivity index is 2.07. The zero-order valence-corrected chi connectivity index (χ0v) is 12.1. The zero-order valence-electron chi connectivity index (χ0n) is 12.1. The Morgan fingerprint density at radius 3 is 2.95 bits per heavy atom. The lowest BCUT2D eigenvalue weighted by molar-refractivity contribution is -0.149. The average molecular weight is 266 g/mol. The van der Waals surface area contributed by atoms with Crippen molar-refractivity contribution < 1.29 is 9.53 Å². The molecule has 1 aromatic rings. The molecule has 0 spiro atoms. The standard InChI is InChI=1S/C13H22N4O2/c1-5-17-10(2)8-11(15-17)14-12(18)13(3)9-16(4)6-7-19-13/h8H,5-7,9H2,1-4H3,(H,14,15,18)/t13-/m1/s1. The van der Waals surface area contributed by atoms with Crippen LogP contribution in [0.5, 0.6) is 0 Å².